The van der Waals surface area contributed by atoms with Gasteiger partial charge in [-0.1, -0.05) is 23.7 Å². The topological polar surface area (TPSA) is 73.9 Å². The van der Waals surface area contributed by atoms with E-state index >= 15 is 0 Å². The molecule has 1 atom stereocenters. The molecule has 2 heterocycles. The Bertz CT molecular complexity index is 1040. The van der Waals surface area contributed by atoms with E-state index in [2.05, 4.69) is 20.4 Å². The van der Waals surface area contributed by atoms with E-state index in [1.165, 1.54) is 19.2 Å². The number of halogens is 2. The van der Waals surface area contributed by atoms with Crippen LogP contribution < -0.4 is 15.5 Å². The summed E-state index contributed by atoms with van der Waals surface area (Å²) in [5, 5.41) is 6.10. The number of ether oxygens (including phenoxy) is 1. The molecule has 0 aromatic heterocycles. The van der Waals surface area contributed by atoms with E-state index in [0.717, 1.165) is 31.9 Å². The first-order valence-electron chi connectivity index (χ1n) is 10.3. The van der Waals surface area contributed by atoms with E-state index in [4.69, 9.17) is 16.3 Å². The van der Waals surface area contributed by atoms with Crippen LogP contribution in [-0.4, -0.2) is 56.7 Å². The zero-order chi connectivity index (χ0) is 22.7. The average molecular weight is 459 g/mol. The van der Waals surface area contributed by atoms with Crippen molar-refractivity contribution in [2.75, 3.05) is 44.7 Å². The second-order valence-electron chi connectivity index (χ2n) is 7.71. The summed E-state index contributed by atoms with van der Waals surface area (Å²) in [6.45, 7) is 3.33. The van der Waals surface area contributed by atoms with Crippen LogP contribution in [0.2, 0.25) is 5.02 Å². The highest BCUT2D eigenvalue weighted by atomic mass is 35.5. The van der Waals surface area contributed by atoms with Gasteiger partial charge in [0.25, 0.3) is 0 Å². The van der Waals surface area contributed by atoms with Gasteiger partial charge in [0.05, 0.1) is 18.7 Å². The molecule has 0 saturated carbocycles. The van der Waals surface area contributed by atoms with Crippen molar-refractivity contribution in [1.29, 1.82) is 0 Å². The highest BCUT2D eigenvalue weighted by Crippen LogP contribution is 2.29. The van der Waals surface area contributed by atoms with Gasteiger partial charge in [0.1, 0.15) is 5.82 Å². The minimum atomic E-state index is -0.662. The number of rotatable bonds is 5. The van der Waals surface area contributed by atoms with E-state index in [0.29, 0.717) is 28.4 Å². The Morgan fingerprint density at radius 2 is 1.88 bits per heavy atom. The van der Waals surface area contributed by atoms with E-state index in [9.17, 15) is 14.0 Å². The summed E-state index contributed by atoms with van der Waals surface area (Å²) >= 11 is 6.13. The first-order valence-corrected chi connectivity index (χ1v) is 10.7. The second-order valence-corrected chi connectivity index (χ2v) is 8.15. The molecule has 1 fully saturated rings. The largest absolute Gasteiger partial charge is 0.466 e. The predicted octanol–water partition coefficient (Wildman–Crippen LogP) is 3.08. The molecule has 2 aromatic carbocycles. The smallest absolute Gasteiger partial charge is 0.338 e. The van der Waals surface area contributed by atoms with Crippen LogP contribution >= 0.6 is 11.6 Å². The van der Waals surface area contributed by atoms with Gasteiger partial charge >= 0.3 is 12.0 Å². The summed E-state index contributed by atoms with van der Waals surface area (Å²) in [7, 11) is 1.32. The number of anilines is 1. The molecule has 0 aliphatic carbocycles. The summed E-state index contributed by atoms with van der Waals surface area (Å²) in [4.78, 5) is 29.5. The molecule has 4 rings (SSSR count). The van der Waals surface area contributed by atoms with E-state index < -0.39 is 12.0 Å². The van der Waals surface area contributed by atoms with Gasteiger partial charge in [-0.25, -0.2) is 14.0 Å². The predicted molar refractivity (Wildman–Crippen MR) is 120 cm³/mol. The monoisotopic (exact) mass is 458 g/mol. The Labute approximate surface area is 190 Å². The Kier molecular flexibility index (Phi) is 6.62. The van der Waals surface area contributed by atoms with Crippen molar-refractivity contribution in [3.63, 3.8) is 0 Å². The van der Waals surface area contributed by atoms with Crippen LogP contribution in [-0.2, 0) is 9.53 Å². The zero-order valence-corrected chi connectivity index (χ0v) is 18.4. The molecule has 2 aliphatic heterocycles. The molecule has 0 spiro atoms. The number of esters is 1. The Hall–Kier alpha value is -3.10. The highest BCUT2D eigenvalue weighted by molar-refractivity contribution is 6.30. The van der Waals surface area contributed by atoms with Crippen LogP contribution in [0.1, 0.15) is 11.6 Å². The lowest BCUT2D eigenvalue weighted by molar-refractivity contribution is -0.136. The van der Waals surface area contributed by atoms with Crippen molar-refractivity contribution >= 4 is 29.3 Å². The van der Waals surface area contributed by atoms with Crippen LogP contribution in [0.3, 0.4) is 0 Å². The fourth-order valence-electron chi connectivity index (χ4n) is 4.07. The fourth-order valence-corrected chi connectivity index (χ4v) is 4.27. The number of methoxy groups -OCH3 is 1. The number of carbonyl (C=O) groups is 2. The molecule has 9 heteroatoms. The molecule has 0 radical (unpaired) electrons. The summed E-state index contributed by atoms with van der Waals surface area (Å²) in [5.41, 5.74) is 2.54. The third-order valence-corrected chi connectivity index (χ3v) is 5.92. The Balaban J connectivity index is 1.54. The number of nitrogens with one attached hydrogen (secondary N) is 2. The minimum Gasteiger partial charge on any atom is -0.466 e. The molecule has 32 heavy (non-hydrogen) atoms. The summed E-state index contributed by atoms with van der Waals surface area (Å²) in [6.07, 6.45) is 0. The number of urea groups is 1. The molecular weight excluding hydrogens is 435 g/mol. The van der Waals surface area contributed by atoms with Crippen molar-refractivity contribution in [3.8, 4) is 0 Å². The maximum absolute atomic E-state index is 13.2. The molecular formula is C23H24ClFN4O3. The van der Waals surface area contributed by atoms with Gasteiger partial charge in [-0.15, -0.1) is 0 Å². The lowest BCUT2D eigenvalue weighted by atomic mass is 9.95. The number of nitrogens with zero attached hydrogens (tertiary/aromatic N) is 2. The maximum Gasteiger partial charge on any atom is 0.338 e. The molecule has 7 nitrogen and oxygen atoms in total. The number of amides is 2. The quantitative estimate of drug-likeness (QED) is 0.674. The minimum absolute atomic E-state index is 0.259. The Morgan fingerprint density at radius 3 is 2.53 bits per heavy atom. The summed E-state index contributed by atoms with van der Waals surface area (Å²) in [5.74, 6) is -0.770. The highest BCUT2D eigenvalue weighted by Gasteiger charge is 2.34. The average Bonchev–Trinajstić information content (AvgIpc) is 2.79. The maximum atomic E-state index is 13.2. The zero-order valence-electron chi connectivity index (χ0n) is 17.6. The molecule has 0 unspecified atom stereocenters. The molecule has 2 amide bonds. The number of hydrogen-bond donors (Lipinski definition) is 2. The molecule has 2 aliphatic rings. The standard InChI is InChI=1S/C23H24ClFN4O3/c1-32-22(30)20-19(26-23(31)27-21(20)15-3-2-4-16(24)13-15)14-28-9-11-29(12-10-28)18-7-5-17(25)6-8-18/h2-8,13,21H,9-12,14H2,1H3,(H2,26,27,31)/t21-/m1/s1. The number of piperazine rings is 1. The first-order chi connectivity index (χ1) is 15.4. The normalized spacial score (nSPS) is 19.4. The number of benzene rings is 2. The molecule has 1 saturated heterocycles. The Morgan fingerprint density at radius 1 is 1.16 bits per heavy atom. The van der Waals surface area contributed by atoms with Crippen LogP contribution in [0.4, 0.5) is 14.9 Å². The van der Waals surface area contributed by atoms with Gasteiger partial charge in [0.2, 0.25) is 0 Å². The lowest BCUT2D eigenvalue weighted by Gasteiger charge is -2.38. The lowest BCUT2D eigenvalue weighted by Crippen LogP contribution is -2.51. The van der Waals surface area contributed by atoms with Crippen LogP contribution in [0, 0.1) is 5.82 Å². The number of hydrogen-bond acceptors (Lipinski definition) is 5. The molecule has 168 valence electrons. The van der Waals surface area contributed by atoms with Crippen molar-refractivity contribution in [2.24, 2.45) is 0 Å². The first kappa shape index (κ1) is 22.1. The van der Waals surface area contributed by atoms with Gasteiger partial charge in [-0.2, -0.15) is 0 Å². The summed E-state index contributed by atoms with van der Waals surface area (Å²) < 4.78 is 18.2. The van der Waals surface area contributed by atoms with Crippen molar-refractivity contribution in [1.82, 2.24) is 15.5 Å². The third kappa shape index (κ3) is 4.87. The van der Waals surface area contributed by atoms with Crippen molar-refractivity contribution in [3.05, 3.63) is 76.2 Å². The van der Waals surface area contributed by atoms with E-state index in [-0.39, 0.29) is 11.8 Å². The molecule has 0 bridgehead atoms. The van der Waals surface area contributed by atoms with Crippen molar-refractivity contribution < 1.29 is 18.7 Å². The van der Waals surface area contributed by atoms with E-state index in [1.54, 1.807) is 30.3 Å². The van der Waals surface area contributed by atoms with Gasteiger partial charge in [-0.05, 0) is 42.0 Å². The molecule has 2 N–H and O–H groups in total. The van der Waals surface area contributed by atoms with Gasteiger partial charge in [-0.3, -0.25) is 4.90 Å². The molecule has 2 aromatic rings. The second kappa shape index (κ2) is 9.58. The van der Waals surface area contributed by atoms with Crippen LogP contribution in [0.15, 0.2) is 59.8 Å². The third-order valence-electron chi connectivity index (χ3n) is 5.69. The van der Waals surface area contributed by atoms with Crippen LogP contribution in [0.25, 0.3) is 0 Å². The van der Waals surface area contributed by atoms with E-state index in [1.807, 2.05) is 6.07 Å². The van der Waals surface area contributed by atoms with Gasteiger partial charge in [0, 0.05) is 49.1 Å². The van der Waals surface area contributed by atoms with Crippen molar-refractivity contribution in [2.45, 2.75) is 6.04 Å². The SMILES string of the molecule is COC(=O)C1=C(CN2CCN(c3ccc(F)cc3)CC2)NC(=O)N[C@@H]1c1cccc(Cl)c1. The number of carbonyl (C=O) groups excluding carboxylic acids is 2. The van der Waals surface area contributed by atoms with Gasteiger partial charge in [0.15, 0.2) is 0 Å². The summed E-state index contributed by atoms with van der Waals surface area (Å²) in [6, 6.07) is 12.4. The van der Waals surface area contributed by atoms with Gasteiger partial charge < -0.3 is 20.3 Å². The fraction of sp³-hybridized carbons (Fsp3) is 0.304. The van der Waals surface area contributed by atoms with Crippen LogP contribution in [0.5, 0.6) is 0 Å².